The average Bonchev–Trinajstić information content (AvgIpc) is 3.24. The SMILES string of the molecule is C/C=C/[C@H]1O[C@@](O)([C@@H](C)[C@H](O)[C@H](C)C2OC(=O)/C(OC)=C\C(C)=C\[C@@H](C)[C@@H](O)C(CC)[C@@H](OC(C)=O)[C@H](C)C/C(C)=C/C=C\[C@@H]2OC)C[C@@H](O[C@H]2C[C@@H](OC(C)=O)[C@H](OC(N)=O)[C@@H](C)O2)[C@@H]1C. The molecule has 0 aromatic rings. The van der Waals surface area contributed by atoms with Crippen molar-refractivity contribution in [2.24, 2.45) is 41.2 Å². The fourth-order valence-electron chi connectivity index (χ4n) is 9.62. The summed E-state index contributed by atoms with van der Waals surface area (Å²) in [6.07, 6.45) is 2.09. The maximum absolute atomic E-state index is 14.1. The Hall–Kier alpha value is -4.10. The molecule has 67 heavy (non-hydrogen) atoms. The first kappa shape index (κ1) is 57.2. The van der Waals surface area contributed by atoms with E-state index in [1.54, 1.807) is 52.0 Å². The summed E-state index contributed by atoms with van der Waals surface area (Å²) < 4.78 is 53.3. The molecule has 5 N–H and O–H groups in total. The zero-order valence-corrected chi connectivity index (χ0v) is 41.9. The topological polar surface area (TPSA) is 238 Å². The van der Waals surface area contributed by atoms with Crippen molar-refractivity contribution in [1.29, 1.82) is 0 Å². The van der Waals surface area contributed by atoms with E-state index < -0.39 is 115 Å². The monoisotopic (exact) mass is 950 g/mol. The molecule has 0 radical (unpaired) electrons. The zero-order valence-electron chi connectivity index (χ0n) is 41.9. The quantitative estimate of drug-likeness (QED) is 0.0923. The van der Waals surface area contributed by atoms with Crippen molar-refractivity contribution in [2.45, 2.75) is 182 Å². The number of hydrogen-bond donors (Lipinski definition) is 4. The second-order valence-electron chi connectivity index (χ2n) is 18.7. The number of hydrogen-bond acceptors (Lipinski definition) is 16. The molecular formula is C50H79NO16. The van der Waals surface area contributed by atoms with Crippen LogP contribution in [0.1, 0.15) is 109 Å². The number of aliphatic hydroxyl groups is 3. The summed E-state index contributed by atoms with van der Waals surface area (Å²) in [5.41, 5.74) is 6.84. The van der Waals surface area contributed by atoms with Gasteiger partial charge in [-0.25, -0.2) is 9.59 Å². The smallest absolute Gasteiger partial charge is 0.404 e. The van der Waals surface area contributed by atoms with E-state index in [2.05, 4.69) is 0 Å². The van der Waals surface area contributed by atoms with Crippen LogP contribution in [0, 0.1) is 35.5 Å². The van der Waals surface area contributed by atoms with Crippen molar-refractivity contribution in [1.82, 2.24) is 0 Å². The molecule has 0 aromatic heterocycles. The van der Waals surface area contributed by atoms with Gasteiger partial charge in [0.1, 0.15) is 24.4 Å². The molecule has 3 aliphatic rings. The minimum absolute atomic E-state index is 0.0110. The van der Waals surface area contributed by atoms with Crippen molar-refractivity contribution in [3.8, 4) is 0 Å². The number of esters is 3. The highest BCUT2D eigenvalue weighted by molar-refractivity contribution is 5.87. The van der Waals surface area contributed by atoms with E-state index in [4.69, 9.17) is 48.4 Å². The molecule has 380 valence electrons. The lowest BCUT2D eigenvalue weighted by Crippen LogP contribution is -2.59. The molecule has 3 aliphatic heterocycles. The third kappa shape index (κ3) is 15.7. The van der Waals surface area contributed by atoms with E-state index in [1.807, 2.05) is 53.7 Å². The number of primary amides is 1. The summed E-state index contributed by atoms with van der Waals surface area (Å²) in [4.78, 5) is 50.2. The Labute approximate surface area is 397 Å². The lowest BCUT2D eigenvalue weighted by atomic mass is 9.77. The molecule has 3 rings (SSSR count). The summed E-state index contributed by atoms with van der Waals surface area (Å²) in [5, 5.41) is 36.4. The number of amides is 1. The number of aliphatic hydroxyl groups excluding tert-OH is 2. The van der Waals surface area contributed by atoms with Crippen molar-refractivity contribution < 1.29 is 77.1 Å². The van der Waals surface area contributed by atoms with Crippen molar-refractivity contribution >= 4 is 24.0 Å². The summed E-state index contributed by atoms with van der Waals surface area (Å²) in [6, 6.07) is 0. The summed E-state index contributed by atoms with van der Waals surface area (Å²) in [7, 11) is 2.79. The summed E-state index contributed by atoms with van der Waals surface area (Å²) in [5.74, 6) is -7.31. The summed E-state index contributed by atoms with van der Waals surface area (Å²) >= 11 is 0. The van der Waals surface area contributed by atoms with E-state index in [9.17, 15) is 34.5 Å². The highest BCUT2D eigenvalue weighted by atomic mass is 16.7. The van der Waals surface area contributed by atoms with Crippen LogP contribution in [0.4, 0.5) is 4.79 Å². The number of allylic oxidation sites excluding steroid dienone is 6. The molecule has 18 atom stereocenters. The fraction of sp³-hybridized carbons (Fsp3) is 0.720. The number of cyclic esters (lactones) is 1. The predicted molar refractivity (Wildman–Crippen MR) is 247 cm³/mol. The fourth-order valence-corrected chi connectivity index (χ4v) is 9.62. The molecule has 1 amide bonds. The number of nitrogens with two attached hydrogens (primary N) is 1. The molecule has 17 heteroatoms. The van der Waals surface area contributed by atoms with Crippen LogP contribution >= 0.6 is 0 Å². The highest BCUT2D eigenvalue weighted by Gasteiger charge is 2.53. The van der Waals surface area contributed by atoms with Crippen molar-refractivity contribution in [3.63, 3.8) is 0 Å². The largest absolute Gasteiger partial charge is 0.490 e. The van der Waals surface area contributed by atoms with Crippen molar-refractivity contribution in [2.75, 3.05) is 14.2 Å². The molecule has 0 saturated carbocycles. The molecule has 2 saturated heterocycles. The second kappa shape index (κ2) is 26.0. The van der Waals surface area contributed by atoms with Crippen LogP contribution in [0.15, 0.2) is 59.4 Å². The van der Waals surface area contributed by atoms with Gasteiger partial charge in [0.25, 0.3) is 0 Å². The van der Waals surface area contributed by atoms with Gasteiger partial charge < -0.3 is 63.7 Å². The molecule has 17 nitrogen and oxygen atoms in total. The Balaban J connectivity index is 2.05. The minimum atomic E-state index is -2.02. The molecular weight excluding hydrogens is 871 g/mol. The first-order chi connectivity index (χ1) is 31.4. The molecule has 2 fully saturated rings. The van der Waals surface area contributed by atoms with E-state index in [-0.39, 0.29) is 36.4 Å². The summed E-state index contributed by atoms with van der Waals surface area (Å²) in [6.45, 7) is 20.7. The molecule has 2 unspecified atom stereocenters. The van der Waals surface area contributed by atoms with Crippen LogP contribution in [-0.4, -0.2) is 127 Å². The Morgan fingerprint density at radius 2 is 1.67 bits per heavy atom. The van der Waals surface area contributed by atoms with E-state index in [0.717, 1.165) is 5.57 Å². The Kier molecular flexibility index (Phi) is 22.2. The van der Waals surface area contributed by atoms with Crippen LogP contribution in [0.25, 0.3) is 0 Å². The van der Waals surface area contributed by atoms with Gasteiger partial charge >= 0.3 is 24.0 Å². The van der Waals surface area contributed by atoms with Crippen LogP contribution in [0.5, 0.6) is 0 Å². The van der Waals surface area contributed by atoms with Crippen LogP contribution < -0.4 is 5.73 Å². The maximum Gasteiger partial charge on any atom is 0.404 e. The first-order valence-electron chi connectivity index (χ1n) is 23.4. The van der Waals surface area contributed by atoms with Gasteiger partial charge in [-0.2, -0.15) is 0 Å². The molecule has 3 heterocycles. The zero-order chi connectivity index (χ0) is 50.5. The predicted octanol–water partition coefficient (Wildman–Crippen LogP) is 6.13. The normalized spacial score (nSPS) is 39.2. The van der Waals surface area contributed by atoms with Gasteiger partial charge in [0.15, 0.2) is 18.2 Å². The Morgan fingerprint density at radius 3 is 2.24 bits per heavy atom. The lowest BCUT2D eigenvalue weighted by molar-refractivity contribution is -0.339. The number of rotatable bonds is 13. The standard InChI is InChI=1S/C50H79NO16/c1-15-18-37-30(7)41(64-42-24-39(62-34(11)52)47(33(10)61-42)66-49(51)57)25-50(58,67-37)32(9)44(55)31(8)46-38(59-13)20-17-19-26(3)21-29(6)45(63-35(12)53)36(16-2)43(54)28(5)22-27(4)23-40(60-14)48(56)65-46/h15,17-20,22-23,28-33,36-39,41-47,54-55,58H,16,21,24-25H2,1-14H3,(H2,51,57)/b18-15+,20-17-,26-19+,27-22+,40-23+/t28-,29-,30-,31+,32+,33-,36?,37-,38+,39-,41-,42+,43-,44-,45+,46?,47-,50-/m1/s1. The molecule has 0 aromatic carbocycles. The average molecular weight is 950 g/mol. The van der Waals surface area contributed by atoms with E-state index in [0.29, 0.717) is 18.4 Å². The van der Waals surface area contributed by atoms with Crippen LogP contribution in [0.2, 0.25) is 0 Å². The van der Waals surface area contributed by atoms with Gasteiger partial charge in [0, 0.05) is 63.4 Å². The number of carbonyl (C=O) groups excluding carboxylic acids is 4. The third-order valence-electron chi connectivity index (χ3n) is 13.3. The number of methoxy groups -OCH3 is 2. The Bertz CT molecular complexity index is 1810. The molecule has 0 bridgehead atoms. The van der Waals surface area contributed by atoms with Gasteiger partial charge in [-0.1, -0.05) is 89.1 Å². The minimum Gasteiger partial charge on any atom is -0.490 e. The van der Waals surface area contributed by atoms with Gasteiger partial charge in [0.05, 0.1) is 37.6 Å². The van der Waals surface area contributed by atoms with Gasteiger partial charge in [-0.3, -0.25) is 9.59 Å². The number of ether oxygens (including phenoxy) is 9. The van der Waals surface area contributed by atoms with Gasteiger partial charge in [-0.05, 0) is 52.5 Å². The molecule has 0 spiro atoms. The Morgan fingerprint density at radius 1 is 1.01 bits per heavy atom. The molecule has 0 aliphatic carbocycles. The first-order valence-corrected chi connectivity index (χ1v) is 23.4. The van der Waals surface area contributed by atoms with E-state index in [1.165, 1.54) is 34.1 Å². The lowest BCUT2D eigenvalue weighted by Gasteiger charge is -2.50. The van der Waals surface area contributed by atoms with Crippen LogP contribution in [0.3, 0.4) is 0 Å². The second-order valence-corrected chi connectivity index (χ2v) is 18.7. The van der Waals surface area contributed by atoms with Gasteiger partial charge in [-0.15, -0.1) is 0 Å². The maximum atomic E-state index is 14.1. The third-order valence-corrected chi connectivity index (χ3v) is 13.3. The van der Waals surface area contributed by atoms with Gasteiger partial charge in [0.2, 0.25) is 5.76 Å². The van der Waals surface area contributed by atoms with Crippen molar-refractivity contribution in [3.05, 3.63) is 59.4 Å². The van der Waals surface area contributed by atoms with Crippen LogP contribution in [-0.2, 0) is 57.0 Å². The van der Waals surface area contributed by atoms with E-state index >= 15 is 0 Å². The number of carbonyl (C=O) groups is 4. The highest BCUT2D eigenvalue weighted by Crippen LogP contribution is 2.43.